The van der Waals surface area contributed by atoms with Crippen molar-refractivity contribution in [3.05, 3.63) is 0 Å². The quantitative estimate of drug-likeness (QED) is 0.388. The first-order chi connectivity index (χ1) is 9.86. The highest BCUT2D eigenvalue weighted by Crippen LogP contribution is 2.20. The number of nitrogens with zero attached hydrogens (tertiary/aromatic N) is 1. The second-order valence-electron chi connectivity index (χ2n) is 5.53. The van der Waals surface area contributed by atoms with Crippen molar-refractivity contribution in [3.8, 4) is 0 Å². The summed E-state index contributed by atoms with van der Waals surface area (Å²) in [5.41, 5.74) is 0. The summed E-state index contributed by atoms with van der Waals surface area (Å²) in [4.78, 5) is 4.58. The van der Waals surface area contributed by atoms with Crippen LogP contribution in [0.15, 0.2) is 4.99 Å². The fourth-order valence-corrected chi connectivity index (χ4v) is 2.46. The van der Waals surface area contributed by atoms with E-state index < -0.39 is 0 Å². The van der Waals surface area contributed by atoms with Crippen molar-refractivity contribution in [1.82, 2.24) is 10.6 Å². The van der Waals surface area contributed by atoms with Gasteiger partial charge in [0, 0.05) is 26.2 Å². The zero-order valence-corrected chi connectivity index (χ0v) is 13.4. The Labute approximate surface area is 124 Å². The van der Waals surface area contributed by atoms with Crippen LogP contribution in [0, 0.1) is 0 Å². The zero-order chi connectivity index (χ0) is 14.5. The number of rotatable bonds is 9. The third-order valence-corrected chi connectivity index (χ3v) is 3.65. The van der Waals surface area contributed by atoms with E-state index in [0.29, 0.717) is 6.10 Å². The average Bonchev–Trinajstić information content (AvgIpc) is 2.48. The molecule has 1 aliphatic rings. The second kappa shape index (κ2) is 12.0. The van der Waals surface area contributed by atoms with E-state index in [-0.39, 0.29) is 0 Å². The van der Waals surface area contributed by atoms with Gasteiger partial charge in [-0.25, -0.2) is 0 Å². The molecule has 0 radical (unpaired) electrons. The van der Waals surface area contributed by atoms with Gasteiger partial charge in [-0.3, -0.25) is 4.99 Å². The molecule has 0 spiro atoms. The van der Waals surface area contributed by atoms with Crippen LogP contribution in [0.25, 0.3) is 0 Å². The number of guanidine groups is 1. The Morgan fingerprint density at radius 3 is 2.60 bits per heavy atom. The number of nitrogens with one attached hydrogen (secondary N) is 2. The molecule has 0 aromatic heterocycles. The van der Waals surface area contributed by atoms with Gasteiger partial charge in [0.05, 0.1) is 6.10 Å². The van der Waals surface area contributed by atoms with Crippen LogP contribution in [0.4, 0.5) is 0 Å². The number of hydrogen-bond donors (Lipinski definition) is 2. The first-order valence-electron chi connectivity index (χ1n) is 8.50. The van der Waals surface area contributed by atoms with E-state index in [2.05, 4.69) is 29.5 Å². The van der Waals surface area contributed by atoms with Crippen molar-refractivity contribution in [2.24, 2.45) is 4.99 Å². The zero-order valence-electron chi connectivity index (χ0n) is 13.4. The van der Waals surface area contributed by atoms with Gasteiger partial charge in [-0.2, -0.15) is 0 Å². The molecular weight excluding hydrogens is 250 g/mol. The van der Waals surface area contributed by atoms with Gasteiger partial charge in [-0.1, -0.05) is 32.6 Å². The van der Waals surface area contributed by atoms with Crippen molar-refractivity contribution >= 4 is 5.96 Å². The van der Waals surface area contributed by atoms with Gasteiger partial charge in [0.2, 0.25) is 0 Å². The van der Waals surface area contributed by atoms with E-state index in [9.17, 15) is 0 Å². The molecule has 0 amide bonds. The Hall–Kier alpha value is -0.770. The molecule has 1 aliphatic carbocycles. The molecule has 4 heteroatoms. The lowest BCUT2D eigenvalue weighted by molar-refractivity contribution is 0.0281. The molecule has 0 bridgehead atoms. The Balaban J connectivity index is 2.08. The third kappa shape index (κ3) is 8.41. The summed E-state index contributed by atoms with van der Waals surface area (Å²) in [6.45, 7) is 7.91. The van der Waals surface area contributed by atoms with Crippen LogP contribution in [0.3, 0.4) is 0 Å². The summed E-state index contributed by atoms with van der Waals surface area (Å²) in [7, 11) is 0. The van der Waals surface area contributed by atoms with Crippen LogP contribution in [0.1, 0.15) is 65.2 Å². The smallest absolute Gasteiger partial charge is 0.191 e. The maximum absolute atomic E-state index is 5.91. The summed E-state index contributed by atoms with van der Waals surface area (Å²) in [6.07, 6.45) is 10.5. The molecule has 1 fully saturated rings. The molecular formula is C16H33N3O. The first kappa shape index (κ1) is 17.3. The summed E-state index contributed by atoms with van der Waals surface area (Å²) in [6, 6.07) is 0. The molecule has 0 atom stereocenters. The highest BCUT2D eigenvalue weighted by Gasteiger charge is 2.12. The summed E-state index contributed by atoms with van der Waals surface area (Å²) < 4.78 is 5.91. The van der Waals surface area contributed by atoms with Crippen LogP contribution >= 0.6 is 0 Å². The predicted molar refractivity (Wildman–Crippen MR) is 86.3 cm³/mol. The summed E-state index contributed by atoms with van der Waals surface area (Å²) >= 11 is 0. The van der Waals surface area contributed by atoms with E-state index in [0.717, 1.165) is 38.6 Å². The van der Waals surface area contributed by atoms with E-state index in [1.807, 2.05) is 0 Å². The van der Waals surface area contributed by atoms with E-state index in [4.69, 9.17) is 4.74 Å². The number of hydrogen-bond acceptors (Lipinski definition) is 2. The molecule has 4 nitrogen and oxygen atoms in total. The summed E-state index contributed by atoms with van der Waals surface area (Å²) in [5, 5.41) is 6.64. The van der Waals surface area contributed by atoms with Crippen molar-refractivity contribution in [2.45, 2.75) is 71.3 Å². The van der Waals surface area contributed by atoms with Crippen molar-refractivity contribution in [1.29, 1.82) is 0 Å². The largest absolute Gasteiger partial charge is 0.378 e. The standard InChI is InChI=1S/C16H33N3O/c1-3-5-12-18-16(17-4-2)19-13-9-14-20-15-10-7-6-8-11-15/h15H,3-14H2,1-2H3,(H2,17,18,19). The van der Waals surface area contributed by atoms with Crippen LogP contribution in [-0.2, 0) is 4.74 Å². The molecule has 0 saturated heterocycles. The molecule has 1 saturated carbocycles. The molecule has 0 heterocycles. The Morgan fingerprint density at radius 1 is 1.10 bits per heavy atom. The molecule has 20 heavy (non-hydrogen) atoms. The lowest BCUT2D eigenvalue weighted by atomic mass is 9.98. The average molecular weight is 283 g/mol. The Bertz CT molecular complexity index is 250. The van der Waals surface area contributed by atoms with Gasteiger partial charge in [-0.05, 0) is 32.6 Å². The van der Waals surface area contributed by atoms with Crippen molar-refractivity contribution in [2.75, 3.05) is 26.2 Å². The highest BCUT2D eigenvalue weighted by atomic mass is 16.5. The van der Waals surface area contributed by atoms with Crippen LogP contribution in [0.2, 0.25) is 0 Å². The molecule has 0 aromatic carbocycles. The fourth-order valence-electron chi connectivity index (χ4n) is 2.46. The molecule has 2 N–H and O–H groups in total. The van der Waals surface area contributed by atoms with Gasteiger partial charge >= 0.3 is 0 Å². The minimum absolute atomic E-state index is 0.517. The van der Waals surface area contributed by atoms with E-state index in [1.165, 1.54) is 44.9 Å². The van der Waals surface area contributed by atoms with Gasteiger partial charge < -0.3 is 15.4 Å². The van der Waals surface area contributed by atoms with Crippen molar-refractivity contribution < 1.29 is 4.74 Å². The second-order valence-corrected chi connectivity index (χ2v) is 5.53. The normalized spacial score (nSPS) is 17.2. The minimum Gasteiger partial charge on any atom is -0.378 e. The maximum Gasteiger partial charge on any atom is 0.191 e. The van der Waals surface area contributed by atoms with Crippen LogP contribution < -0.4 is 10.6 Å². The Morgan fingerprint density at radius 2 is 1.90 bits per heavy atom. The predicted octanol–water partition coefficient (Wildman–Crippen LogP) is 3.08. The van der Waals surface area contributed by atoms with E-state index in [1.54, 1.807) is 0 Å². The lowest BCUT2D eigenvalue weighted by Crippen LogP contribution is -2.37. The highest BCUT2D eigenvalue weighted by molar-refractivity contribution is 5.79. The third-order valence-electron chi connectivity index (χ3n) is 3.65. The van der Waals surface area contributed by atoms with E-state index >= 15 is 0 Å². The molecule has 0 aromatic rings. The monoisotopic (exact) mass is 283 g/mol. The molecule has 1 rings (SSSR count). The minimum atomic E-state index is 0.517. The van der Waals surface area contributed by atoms with Crippen LogP contribution in [-0.4, -0.2) is 38.3 Å². The molecule has 0 unspecified atom stereocenters. The fraction of sp³-hybridized carbons (Fsp3) is 0.938. The van der Waals surface area contributed by atoms with Gasteiger partial charge in [0.1, 0.15) is 0 Å². The number of ether oxygens (including phenoxy) is 1. The molecule has 118 valence electrons. The van der Waals surface area contributed by atoms with Crippen molar-refractivity contribution in [3.63, 3.8) is 0 Å². The van der Waals surface area contributed by atoms with Crippen LogP contribution in [0.5, 0.6) is 0 Å². The lowest BCUT2D eigenvalue weighted by Gasteiger charge is -2.21. The first-order valence-corrected chi connectivity index (χ1v) is 8.50. The van der Waals surface area contributed by atoms with Gasteiger partial charge in [0.15, 0.2) is 5.96 Å². The number of aliphatic imine (C=N–C) groups is 1. The maximum atomic E-state index is 5.91. The van der Waals surface area contributed by atoms with Gasteiger partial charge in [0.25, 0.3) is 0 Å². The van der Waals surface area contributed by atoms with Gasteiger partial charge in [-0.15, -0.1) is 0 Å². The molecule has 0 aliphatic heterocycles. The topological polar surface area (TPSA) is 45.7 Å². The number of unbranched alkanes of at least 4 members (excludes halogenated alkanes) is 1. The summed E-state index contributed by atoms with van der Waals surface area (Å²) in [5.74, 6) is 0.943. The Kier molecular flexibility index (Phi) is 10.4. The SMILES string of the molecule is CCCCNC(=NCCCOC1CCCCC1)NCC.